The molecule has 0 bridgehead atoms. The molecule has 82 valence electrons. The summed E-state index contributed by atoms with van der Waals surface area (Å²) < 4.78 is 0. The SMILES string of the molecule is CC1(Nc2ncccn2)CCC(O)CC1. The van der Waals surface area contributed by atoms with E-state index in [0.29, 0.717) is 5.95 Å². The molecule has 1 aromatic rings. The highest BCUT2D eigenvalue weighted by atomic mass is 16.3. The predicted octanol–water partition coefficient (Wildman–Crippen LogP) is 1.58. The molecule has 0 atom stereocenters. The van der Waals surface area contributed by atoms with Gasteiger partial charge in [0.2, 0.25) is 5.95 Å². The summed E-state index contributed by atoms with van der Waals surface area (Å²) in [6.45, 7) is 2.16. The van der Waals surface area contributed by atoms with E-state index in [2.05, 4.69) is 22.2 Å². The van der Waals surface area contributed by atoms with Gasteiger partial charge in [0, 0.05) is 17.9 Å². The number of hydrogen-bond donors (Lipinski definition) is 2. The normalized spacial score (nSPS) is 31.2. The van der Waals surface area contributed by atoms with Gasteiger partial charge in [-0.1, -0.05) is 0 Å². The molecule has 1 aliphatic carbocycles. The van der Waals surface area contributed by atoms with E-state index < -0.39 is 0 Å². The van der Waals surface area contributed by atoms with Crippen LogP contribution in [-0.4, -0.2) is 26.7 Å². The fourth-order valence-electron chi connectivity index (χ4n) is 2.00. The Bertz CT molecular complexity index is 307. The fourth-order valence-corrected chi connectivity index (χ4v) is 2.00. The molecule has 1 aromatic heterocycles. The second-order valence-electron chi connectivity index (χ2n) is 4.49. The van der Waals surface area contributed by atoms with E-state index in [-0.39, 0.29) is 11.6 Å². The second kappa shape index (κ2) is 4.14. The van der Waals surface area contributed by atoms with Gasteiger partial charge in [-0.25, -0.2) is 9.97 Å². The van der Waals surface area contributed by atoms with Crippen LogP contribution in [0.5, 0.6) is 0 Å². The van der Waals surface area contributed by atoms with Crippen molar-refractivity contribution in [2.24, 2.45) is 0 Å². The maximum Gasteiger partial charge on any atom is 0.222 e. The highest BCUT2D eigenvalue weighted by molar-refractivity contribution is 5.27. The van der Waals surface area contributed by atoms with Crippen molar-refractivity contribution in [3.05, 3.63) is 18.5 Å². The first-order valence-electron chi connectivity index (χ1n) is 5.41. The third-order valence-electron chi connectivity index (χ3n) is 3.04. The molecule has 1 fully saturated rings. The summed E-state index contributed by atoms with van der Waals surface area (Å²) in [7, 11) is 0. The Labute approximate surface area is 89.8 Å². The molecule has 2 N–H and O–H groups in total. The van der Waals surface area contributed by atoms with Crippen LogP contribution >= 0.6 is 0 Å². The van der Waals surface area contributed by atoms with E-state index in [9.17, 15) is 5.11 Å². The number of aromatic nitrogens is 2. The van der Waals surface area contributed by atoms with Gasteiger partial charge in [0.1, 0.15) is 0 Å². The van der Waals surface area contributed by atoms with Crippen molar-refractivity contribution in [2.75, 3.05) is 5.32 Å². The average molecular weight is 207 g/mol. The zero-order valence-electron chi connectivity index (χ0n) is 8.98. The molecular weight excluding hydrogens is 190 g/mol. The van der Waals surface area contributed by atoms with Crippen LogP contribution in [0.4, 0.5) is 5.95 Å². The summed E-state index contributed by atoms with van der Waals surface area (Å²) >= 11 is 0. The quantitative estimate of drug-likeness (QED) is 0.773. The van der Waals surface area contributed by atoms with Crippen LogP contribution in [0, 0.1) is 0 Å². The van der Waals surface area contributed by atoms with E-state index in [1.165, 1.54) is 0 Å². The van der Waals surface area contributed by atoms with Crippen molar-refractivity contribution >= 4 is 5.95 Å². The van der Waals surface area contributed by atoms with E-state index in [1.807, 2.05) is 0 Å². The lowest BCUT2D eigenvalue weighted by Gasteiger charge is -2.36. The third kappa shape index (κ3) is 2.65. The van der Waals surface area contributed by atoms with E-state index in [1.54, 1.807) is 18.5 Å². The lowest BCUT2D eigenvalue weighted by atomic mass is 9.82. The third-order valence-corrected chi connectivity index (χ3v) is 3.04. The Morgan fingerprint density at radius 1 is 1.33 bits per heavy atom. The summed E-state index contributed by atoms with van der Waals surface area (Å²) in [5.74, 6) is 0.677. The van der Waals surface area contributed by atoms with Crippen LogP contribution in [0.3, 0.4) is 0 Å². The lowest BCUT2D eigenvalue weighted by Crippen LogP contribution is -2.40. The van der Waals surface area contributed by atoms with Gasteiger partial charge in [-0.15, -0.1) is 0 Å². The molecule has 15 heavy (non-hydrogen) atoms. The van der Waals surface area contributed by atoms with Crippen molar-refractivity contribution < 1.29 is 5.11 Å². The van der Waals surface area contributed by atoms with E-state index in [0.717, 1.165) is 25.7 Å². The van der Waals surface area contributed by atoms with Gasteiger partial charge in [-0.2, -0.15) is 0 Å². The highest BCUT2D eigenvalue weighted by Gasteiger charge is 2.30. The Balaban J connectivity index is 1.99. The topological polar surface area (TPSA) is 58.0 Å². The van der Waals surface area contributed by atoms with Crippen molar-refractivity contribution in [1.29, 1.82) is 0 Å². The number of nitrogens with zero attached hydrogens (tertiary/aromatic N) is 2. The fraction of sp³-hybridized carbons (Fsp3) is 0.636. The zero-order valence-corrected chi connectivity index (χ0v) is 8.98. The first-order chi connectivity index (χ1) is 7.18. The van der Waals surface area contributed by atoms with Crippen molar-refractivity contribution in [3.63, 3.8) is 0 Å². The monoisotopic (exact) mass is 207 g/mol. The van der Waals surface area contributed by atoms with Gasteiger partial charge in [0.05, 0.1) is 6.10 Å². The summed E-state index contributed by atoms with van der Waals surface area (Å²) in [5.41, 5.74) is 0.0284. The molecule has 4 nitrogen and oxygen atoms in total. The number of anilines is 1. The highest BCUT2D eigenvalue weighted by Crippen LogP contribution is 2.30. The average Bonchev–Trinajstić information content (AvgIpc) is 2.24. The summed E-state index contributed by atoms with van der Waals surface area (Å²) in [5, 5.41) is 12.8. The molecule has 0 aromatic carbocycles. The van der Waals surface area contributed by atoms with Crippen LogP contribution in [-0.2, 0) is 0 Å². The molecule has 0 spiro atoms. The van der Waals surface area contributed by atoms with Crippen LogP contribution in [0.25, 0.3) is 0 Å². The largest absolute Gasteiger partial charge is 0.393 e. The molecule has 0 saturated heterocycles. The van der Waals surface area contributed by atoms with Gasteiger partial charge in [-0.05, 0) is 38.7 Å². The first kappa shape index (κ1) is 10.4. The van der Waals surface area contributed by atoms with Crippen LogP contribution in [0.15, 0.2) is 18.5 Å². The van der Waals surface area contributed by atoms with Crippen LogP contribution in [0.2, 0.25) is 0 Å². The maximum atomic E-state index is 9.45. The van der Waals surface area contributed by atoms with E-state index >= 15 is 0 Å². The van der Waals surface area contributed by atoms with Gasteiger partial charge in [0.25, 0.3) is 0 Å². The molecular formula is C11H17N3O. The minimum absolute atomic E-state index is 0.0284. The van der Waals surface area contributed by atoms with Crippen molar-refractivity contribution in [2.45, 2.75) is 44.2 Å². The summed E-state index contributed by atoms with van der Waals surface area (Å²) in [6, 6.07) is 1.80. The molecule has 1 aliphatic rings. The standard InChI is InChI=1S/C11H17N3O/c1-11(5-3-9(15)4-6-11)14-10-12-7-2-8-13-10/h2,7-9,15H,3-6H2,1H3,(H,12,13,14). The minimum Gasteiger partial charge on any atom is -0.393 e. The Morgan fingerprint density at radius 3 is 2.53 bits per heavy atom. The number of nitrogens with one attached hydrogen (secondary N) is 1. The predicted molar refractivity (Wildman–Crippen MR) is 58.5 cm³/mol. The maximum absolute atomic E-state index is 9.45. The zero-order chi connectivity index (χ0) is 10.7. The number of aliphatic hydroxyl groups is 1. The lowest BCUT2D eigenvalue weighted by molar-refractivity contribution is 0.107. The Morgan fingerprint density at radius 2 is 1.93 bits per heavy atom. The number of rotatable bonds is 2. The summed E-state index contributed by atoms with van der Waals surface area (Å²) in [6.07, 6.45) is 6.98. The van der Waals surface area contributed by atoms with E-state index in [4.69, 9.17) is 0 Å². The number of hydrogen-bond acceptors (Lipinski definition) is 4. The van der Waals surface area contributed by atoms with Gasteiger partial charge in [-0.3, -0.25) is 0 Å². The van der Waals surface area contributed by atoms with Crippen molar-refractivity contribution in [3.8, 4) is 0 Å². The molecule has 0 radical (unpaired) electrons. The second-order valence-corrected chi connectivity index (χ2v) is 4.49. The van der Waals surface area contributed by atoms with Crippen LogP contribution < -0.4 is 5.32 Å². The molecule has 0 aliphatic heterocycles. The van der Waals surface area contributed by atoms with Gasteiger partial charge in [0.15, 0.2) is 0 Å². The molecule has 0 unspecified atom stereocenters. The van der Waals surface area contributed by atoms with Gasteiger partial charge < -0.3 is 10.4 Å². The summed E-state index contributed by atoms with van der Waals surface area (Å²) in [4.78, 5) is 8.30. The molecule has 0 amide bonds. The molecule has 4 heteroatoms. The molecule has 2 rings (SSSR count). The van der Waals surface area contributed by atoms with Crippen molar-refractivity contribution in [1.82, 2.24) is 9.97 Å². The Hall–Kier alpha value is -1.16. The number of aliphatic hydroxyl groups excluding tert-OH is 1. The smallest absolute Gasteiger partial charge is 0.222 e. The first-order valence-corrected chi connectivity index (χ1v) is 5.41. The molecule has 1 heterocycles. The van der Waals surface area contributed by atoms with Crippen LogP contribution in [0.1, 0.15) is 32.6 Å². The molecule has 1 saturated carbocycles. The Kier molecular flexibility index (Phi) is 2.86. The van der Waals surface area contributed by atoms with Gasteiger partial charge >= 0.3 is 0 Å². The minimum atomic E-state index is -0.128.